The van der Waals surface area contributed by atoms with Crippen molar-refractivity contribution in [3.63, 3.8) is 0 Å². The molecule has 0 unspecified atom stereocenters. The molecule has 0 bridgehead atoms. The lowest BCUT2D eigenvalue weighted by atomic mass is 10.1. The molecule has 0 fully saturated rings. The molecule has 24 heavy (non-hydrogen) atoms. The molecule has 0 spiro atoms. The van der Waals surface area contributed by atoms with Crippen LogP contribution in [0.5, 0.6) is 0 Å². The largest absolute Gasteiger partial charge is 0.349 e. The molecular formula is C18H17N3O2S. The first-order valence-electron chi connectivity index (χ1n) is 7.59. The molecule has 6 heteroatoms. The molecule has 3 aromatic rings. The molecule has 5 nitrogen and oxygen atoms in total. The lowest BCUT2D eigenvalue weighted by molar-refractivity contribution is 0.0919. The molecule has 3 rings (SSSR count). The van der Waals surface area contributed by atoms with Crippen LogP contribution in [0.1, 0.15) is 33.4 Å². The van der Waals surface area contributed by atoms with Crippen molar-refractivity contribution in [2.24, 2.45) is 0 Å². The highest BCUT2D eigenvalue weighted by Gasteiger charge is 2.15. The summed E-state index contributed by atoms with van der Waals surface area (Å²) in [6.07, 6.45) is 5.53. The Morgan fingerprint density at radius 2 is 2.04 bits per heavy atom. The Morgan fingerprint density at radius 1 is 1.25 bits per heavy atom. The number of Topliss-reactive ketones (excluding diaryl/α,β-unsaturated/α-hetero) is 1. The molecule has 1 N–H and O–H groups in total. The lowest BCUT2D eigenvalue weighted by Crippen LogP contribution is -2.34. The Labute approximate surface area is 144 Å². The molecule has 0 aliphatic rings. The van der Waals surface area contributed by atoms with E-state index in [0.29, 0.717) is 12.0 Å². The van der Waals surface area contributed by atoms with Crippen LogP contribution in [0.25, 0.3) is 5.69 Å². The summed E-state index contributed by atoms with van der Waals surface area (Å²) in [5.74, 6) is -0.132. The average molecular weight is 339 g/mol. The molecule has 2 aromatic heterocycles. The van der Waals surface area contributed by atoms with Gasteiger partial charge in [0, 0.05) is 36.1 Å². The van der Waals surface area contributed by atoms with Gasteiger partial charge in [-0.05, 0) is 42.6 Å². The summed E-state index contributed by atoms with van der Waals surface area (Å²) in [5.41, 5.74) is 1.50. The van der Waals surface area contributed by atoms with E-state index < -0.39 is 0 Å². The van der Waals surface area contributed by atoms with Crippen LogP contribution in [-0.4, -0.2) is 27.3 Å². The SMILES string of the molecule is C[C@H](CC(=O)c1cccs1)NC(=O)c1ccc(-n2ccnc2)cc1. The van der Waals surface area contributed by atoms with E-state index in [1.165, 1.54) is 11.3 Å². The Hall–Kier alpha value is -2.73. The van der Waals surface area contributed by atoms with E-state index in [2.05, 4.69) is 10.3 Å². The predicted octanol–water partition coefficient (Wildman–Crippen LogP) is 3.33. The van der Waals surface area contributed by atoms with Crippen LogP contribution in [0.15, 0.2) is 60.5 Å². The fourth-order valence-electron chi connectivity index (χ4n) is 2.37. The van der Waals surface area contributed by atoms with E-state index in [0.717, 1.165) is 10.6 Å². The normalized spacial score (nSPS) is 11.9. The fraction of sp³-hybridized carbons (Fsp3) is 0.167. The van der Waals surface area contributed by atoms with Crippen LogP contribution in [0, 0.1) is 0 Å². The van der Waals surface area contributed by atoms with Crippen molar-refractivity contribution in [3.05, 3.63) is 70.9 Å². The summed E-state index contributed by atoms with van der Waals surface area (Å²) < 4.78 is 1.87. The van der Waals surface area contributed by atoms with E-state index >= 15 is 0 Å². The van der Waals surface area contributed by atoms with Gasteiger partial charge in [0.05, 0.1) is 11.2 Å². The summed E-state index contributed by atoms with van der Waals surface area (Å²) in [6.45, 7) is 1.84. The van der Waals surface area contributed by atoms with Crippen molar-refractivity contribution in [1.29, 1.82) is 0 Å². The molecule has 1 amide bonds. The minimum absolute atomic E-state index is 0.0493. The number of hydrogen-bond donors (Lipinski definition) is 1. The second-order valence-electron chi connectivity index (χ2n) is 5.50. The van der Waals surface area contributed by atoms with E-state index in [1.54, 1.807) is 30.7 Å². The highest BCUT2D eigenvalue weighted by Crippen LogP contribution is 2.13. The van der Waals surface area contributed by atoms with E-state index in [-0.39, 0.29) is 17.7 Å². The molecule has 1 atom stereocenters. The second-order valence-corrected chi connectivity index (χ2v) is 6.44. The van der Waals surface area contributed by atoms with E-state index in [4.69, 9.17) is 0 Å². The van der Waals surface area contributed by atoms with Crippen molar-refractivity contribution in [2.75, 3.05) is 0 Å². The van der Waals surface area contributed by atoms with Gasteiger partial charge in [0.1, 0.15) is 0 Å². The van der Waals surface area contributed by atoms with Gasteiger partial charge in [-0.15, -0.1) is 11.3 Å². The van der Waals surface area contributed by atoms with E-state index in [9.17, 15) is 9.59 Å². The van der Waals surface area contributed by atoms with Gasteiger partial charge in [0.2, 0.25) is 0 Å². The predicted molar refractivity (Wildman–Crippen MR) is 93.8 cm³/mol. The molecule has 0 radical (unpaired) electrons. The van der Waals surface area contributed by atoms with Crippen LogP contribution >= 0.6 is 11.3 Å². The van der Waals surface area contributed by atoms with Gasteiger partial charge in [-0.1, -0.05) is 6.07 Å². The average Bonchev–Trinajstić information content (AvgIpc) is 3.28. The molecule has 0 saturated heterocycles. The molecule has 2 heterocycles. The maximum atomic E-state index is 12.3. The van der Waals surface area contributed by atoms with Gasteiger partial charge < -0.3 is 9.88 Å². The van der Waals surface area contributed by atoms with Crippen molar-refractivity contribution in [1.82, 2.24) is 14.9 Å². The Kier molecular flexibility index (Phi) is 4.86. The summed E-state index contributed by atoms with van der Waals surface area (Å²) >= 11 is 1.42. The van der Waals surface area contributed by atoms with Crippen molar-refractivity contribution in [2.45, 2.75) is 19.4 Å². The number of imidazole rings is 1. The topological polar surface area (TPSA) is 64.0 Å². The van der Waals surface area contributed by atoms with Gasteiger partial charge in [0.25, 0.3) is 5.91 Å². The zero-order valence-electron chi connectivity index (χ0n) is 13.2. The number of carbonyl (C=O) groups is 2. The third-order valence-electron chi connectivity index (χ3n) is 3.60. The van der Waals surface area contributed by atoms with Gasteiger partial charge in [0.15, 0.2) is 5.78 Å². The van der Waals surface area contributed by atoms with Crippen molar-refractivity contribution in [3.8, 4) is 5.69 Å². The number of nitrogens with one attached hydrogen (secondary N) is 1. The number of aromatic nitrogens is 2. The molecule has 0 aliphatic heterocycles. The Balaban J connectivity index is 1.59. The van der Waals surface area contributed by atoms with Gasteiger partial charge in [-0.25, -0.2) is 4.98 Å². The van der Waals surface area contributed by atoms with Gasteiger partial charge in [-0.3, -0.25) is 9.59 Å². The first kappa shape index (κ1) is 16.1. The van der Waals surface area contributed by atoms with Crippen LogP contribution in [0.3, 0.4) is 0 Å². The maximum Gasteiger partial charge on any atom is 0.251 e. The maximum absolute atomic E-state index is 12.3. The minimum Gasteiger partial charge on any atom is -0.349 e. The number of rotatable bonds is 6. The van der Waals surface area contributed by atoms with Crippen LogP contribution in [-0.2, 0) is 0 Å². The van der Waals surface area contributed by atoms with Crippen molar-refractivity contribution >= 4 is 23.0 Å². The fourth-order valence-corrected chi connectivity index (χ4v) is 3.05. The second kappa shape index (κ2) is 7.23. The molecular weight excluding hydrogens is 322 g/mol. The summed E-state index contributed by atoms with van der Waals surface area (Å²) in [7, 11) is 0. The highest BCUT2D eigenvalue weighted by atomic mass is 32.1. The third kappa shape index (κ3) is 3.78. The zero-order chi connectivity index (χ0) is 16.9. The third-order valence-corrected chi connectivity index (χ3v) is 4.51. The minimum atomic E-state index is -0.222. The monoisotopic (exact) mass is 339 g/mol. The first-order chi connectivity index (χ1) is 11.6. The number of hydrogen-bond acceptors (Lipinski definition) is 4. The smallest absolute Gasteiger partial charge is 0.251 e. The molecule has 0 aliphatic carbocycles. The van der Waals surface area contributed by atoms with Crippen LogP contribution in [0.4, 0.5) is 0 Å². The van der Waals surface area contributed by atoms with Crippen LogP contribution < -0.4 is 5.32 Å². The van der Waals surface area contributed by atoms with Gasteiger partial charge in [-0.2, -0.15) is 0 Å². The quantitative estimate of drug-likeness (QED) is 0.701. The standard InChI is InChI=1S/C18H17N3O2S/c1-13(11-16(22)17-3-2-10-24-17)20-18(23)14-4-6-15(7-5-14)21-9-8-19-12-21/h2-10,12-13H,11H2,1H3,(H,20,23)/t13-/m1/s1. The van der Waals surface area contributed by atoms with Crippen molar-refractivity contribution < 1.29 is 9.59 Å². The summed E-state index contributed by atoms with van der Waals surface area (Å²) in [5, 5.41) is 4.74. The number of amides is 1. The molecule has 0 saturated carbocycles. The number of thiophene rings is 1. The van der Waals surface area contributed by atoms with E-state index in [1.807, 2.05) is 41.3 Å². The highest BCUT2D eigenvalue weighted by molar-refractivity contribution is 7.12. The van der Waals surface area contributed by atoms with Crippen LogP contribution in [0.2, 0.25) is 0 Å². The van der Waals surface area contributed by atoms with Gasteiger partial charge >= 0.3 is 0 Å². The summed E-state index contributed by atoms with van der Waals surface area (Å²) in [4.78, 5) is 29.1. The number of benzene rings is 1. The zero-order valence-corrected chi connectivity index (χ0v) is 14.0. The first-order valence-corrected chi connectivity index (χ1v) is 8.47. The molecule has 1 aromatic carbocycles. The number of ketones is 1. The summed E-state index contributed by atoms with van der Waals surface area (Å²) in [6, 6.07) is 10.7. The number of nitrogens with zero attached hydrogens (tertiary/aromatic N) is 2. The number of carbonyl (C=O) groups excluding carboxylic acids is 2. The Bertz CT molecular complexity index is 809. The molecule has 122 valence electrons. The Morgan fingerprint density at radius 3 is 2.67 bits per heavy atom. The lowest BCUT2D eigenvalue weighted by Gasteiger charge is -2.13.